The zero-order valence-electron chi connectivity index (χ0n) is 17.1. The van der Waals surface area contributed by atoms with Crippen LogP contribution in [0.25, 0.3) is 6.08 Å². The second kappa shape index (κ2) is 9.73. The van der Waals surface area contributed by atoms with Gasteiger partial charge in [0, 0.05) is 29.6 Å². The summed E-state index contributed by atoms with van der Waals surface area (Å²) < 4.78 is 27.1. The number of carbonyl (C=O) groups excluding carboxylic acids is 2. The highest BCUT2D eigenvalue weighted by Gasteiger charge is 2.39. The van der Waals surface area contributed by atoms with Crippen molar-refractivity contribution >= 4 is 39.5 Å². The zero-order valence-corrected chi connectivity index (χ0v) is 18.7. The van der Waals surface area contributed by atoms with Crippen molar-refractivity contribution in [1.82, 2.24) is 14.5 Å². The topological polar surface area (TPSA) is 86.8 Å². The van der Waals surface area contributed by atoms with Crippen molar-refractivity contribution in [2.24, 2.45) is 0 Å². The average Bonchev–Trinajstić information content (AvgIpc) is 3.00. The number of likely N-dealkylation sites (N-methyl/N-ethyl adjacent to an activating group) is 1. The van der Waals surface area contributed by atoms with Crippen molar-refractivity contribution < 1.29 is 18.0 Å². The number of hydrogen-bond donors (Lipinski definition) is 1. The summed E-state index contributed by atoms with van der Waals surface area (Å²) in [6.07, 6.45) is 1.75. The van der Waals surface area contributed by atoms with Crippen LogP contribution in [0.5, 0.6) is 0 Å². The molecular weight excluding hydrogens is 414 g/mol. The third-order valence-electron chi connectivity index (χ3n) is 4.93. The van der Waals surface area contributed by atoms with Gasteiger partial charge in [-0.2, -0.15) is 4.72 Å². The van der Waals surface area contributed by atoms with Crippen LogP contribution in [0.1, 0.15) is 39.7 Å². The molecule has 0 radical (unpaired) electrons. The Morgan fingerprint density at radius 3 is 2.48 bits per heavy atom. The first kappa shape index (κ1) is 23.4. The number of amides is 2. The van der Waals surface area contributed by atoms with Gasteiger partial charge < -0.3 is 9.80 Å². The first-order chi connectivity index (χ1) is 13.6. The Hall–Kier alpha value is -1.90. The van der Waals surface area contributed by atoms with E-state index >= 15 is 0 Å². The number of rotatable bonds is 8. The SMILES string of the molecule is CCN(C(=O)[C@H](C)N1CC[C@H](NS(=O)(=O)C=Cc2ccc(Cl)cc2)C1=O)C(C)C. The van der Waals surface area contributed by atoms with Crippen molar-refractivity contribution in [3.05, 3.63) is 40.3 Å². The lowest BCUT2D eigenvalue weighted by Crippen LogP contribution is -2.51. The molecule has 1 aromatic rings. The zero-order chi connectivity index (χ0) is 21.8. The quantitative estimate of drug-likeness (QED) is 0.671. The Labute approximate surface area is 177 Å². The van der Waals surface area contributed by atoms with Crippen LogP contribution < -0.4 is 4.72 Å². The van der Waals surface area contributed by atoms with Crippen LogP contribution in [0.2, 0.25) is 5.02 Å². The van der Waals surface area contributed by atoms with E-state index in [-0.39, 0.29) is 17.9 Å². The minimum absolute atomic E-state index is 0.0277. The standard InChI is InChI=1S/C20H28ClN3O4S/c1-5-23(14(2)3)19(25)15(4)24-12-10-18(20(24)26)22-29(27,28)13-11-16-6-8-17(21)9-7-16/h6-9,11,13-15,18,22H,5,10,12H2,1-4H3/t15-,18-/m0/s1. The minimum Gasteiger partial charge on any atom is -0.339 e. The van der Waals surface area contributed by atoms with Crippen LogP contribution in [-0.4, -0.2) is 61.2 Å². The van der Waals surface area contributed by atoms with E-state index in [0.717, 1.165) is 5.41 Å². The van der Waals surface area contributed by atoms with Gasteiger partial charge in [0.15, 0.2) is 0 Å². The average molecular weight is 442 g/mol. The van der Waals surface area contributed by atoms with Gasteiger partial charge in [-0.05, 0) is 57.9 Å². The normalized spacial score (nSPS) is 18.6. The molecule has 1 saturated heterocycles. The lowest BCUT2D eigenvalue weighted by Gasteiger charge is -2.32. The molecule has 1 fully saturated rings. The first-order valence-corrected chi connectivity index (χ1v) is 11.5. The molecule has 2 rings (SSSR count). The van der Waals surface area contributed by atoms with E-state index in [9.17, 15) is 18.0 Å². The van der Waals surface area contributed by atoms with Crippen molar-refractivity contribution in [3.8, 4) is 0 Å². The van der Waals surface area contributed by atoms with Gasteiger partial charge in [-0.3, -0.25) is 9.59 Å². The molecule has 7 nitrogen and oxygen atoms in total. The smallest absolute Gasteiger partial charge is 0.245 e. The molecule has 0 unspecified atom stereocenters. The monoisotopic (exact) mass is 441 g/mol. The first-order valence-electron chi connectivity index (χ1n) is 9.62. The fourth-order valence-corrected chi connectivity index (χ4v) is 4.48. The fraction of sp³-hybridized carbons (Fsp3) is 0.500. The van der Waals surface area contributed by atoms with Gasteiger partial charge in [0.05, 0.1) is 0 Å². The molecule has 0 bridgehead atoms. The van der Waals surface area contributed by atoms with Gasteiger partial charge in [0.2, 0.25) is 21.8 Å². The summed E-state index contributed by atoms with van der Waals surface area (Å²) in [4.78, 5) is 28.6. The molecule has 2 atom stereocenters. The summed E-state index contributed by atoms with van der Waals surface area (Å²) in [5.41, 5.74) is 0.673. The van der Waals surface area contributed by atoms with E-state index in [0.29, 0.717) is 30.1 Å². The lowest BCUT2D eigenvalue weighted by molar-refractivity contribution is -0.144. The molecule has 2 amide bonds. The van der Waals surface area contributed by atoms with Crippen molar-refractivity contribution in [3.63, 3.8) is 0 Å². The Morgan fingerprint density at radius 2 is 1.93 bits per heavy atom. The largest absolute Gasteiger partial charge is 0.339 e. The van der Waals surface area contributed by atoms with Crippen LogP contribution >= 0.6 is 11.6 Å². The fourth-order valence-electron chi connectivity index (χ4n) is 3.32. The van der Waals surface area contributed by atoms with Gasteiger partial charge in [-0.25, -0.2) is 8.42 Å². The molecule has 0 aromatic heterocycles. The van der Waals surface area contributed by atoms with Crippen LogP contribution in [-0.2, 0) is 19.6 Å². The molecule has 1 N–H and O–H groups in total. The van der Waals surface area contributed by atoms with E-state index < -0.39 is 22.1 Å². The number of nitrogens with zero attached hydrogens (tertiary/aromatic N) is 2. The summed E-state index contributed by atoms with van der Waals surface area (Å²) in [7, 11) is -3.82. The number of nitrogens with one attached hydrogen (secondary N) is 1. The van der Waals surface area contributed by atoms with Gasteiger partial charge in [0.25, 0.3) is 0 Å². The molecule has 0 saturated carbocycles. The van der Waals surface area contributed by atoms with E-state index in [1.54, 1.807) is 36.1 Å². The second-order valence-electron chi connectivity index (χ2n) is 7.28. The van der Waals surface area contributed by atoms with Crippen molar-refractivity contribution in [1.29, 1.82) is 0 Å². The van der Waals surface area contributed by atoms with Gasteiger partial charge >= 0.3 is 0 Å². The van der Waals surface area contributed by atoms with Gasteiger partial charge in [-0.1, -0.05) is 23.7 Å². The van der Waals surface area contributed by atoms with Crippen LogP contribution in [0.15, 0.2) is 29.7 Å². The maximum atomic E-state index is 12.7. The molecule has 0 aliphatic carbocycles. The molecule has 1 aliphatic heterocycles. The van der Waals surface area contributed by atoms with Crippen LogP contribution in [0.4, 0.5) is 0 Å². The minimum atomic E-state index is -3.82. The Balaban J connectivity index is 2.03. The molecule has 1 aromatic carbocycles. The van der Waals surface area contributed by atoms with E-state index in [2.05, 4.69) is 4.72 Å². The molecule has 1 heterocycles. The molecule has 29 heavy (non-hydrogen) atoms. The third-order valence-corrected chi connectivity index (χ3v) is 6.29. The van der Waals surface area contributed by atoms with Gasteiger partial charge in [0.1, 0.15) is 12.1 Å². The van der Waals surface area contributed by atoms with Crippen molar-refractivity contribution in [2.75, 3.05) is 13.1 Å². The highest BCUT2D eigenvalue weighted by Crippen LogP contribution is 2.18. The molecule has 160 valence electrons. The molecule has 1 aliphatic rings. The number of sulfonamides is 1. The maximum Gasteiger partial charge on any atom is 0.245 e. The van der Waals surface area contributed by atoms with Crippen molar-refractivity contribution in [2.45, 2.75) is 52.2 Å². The summed E-state index contributed by atoms with van der Waals surface area (Å²) >= 11 is 5.81. The number of carbonyl (C=O) groups is 2. The van der Waals surface area contributed by atoms with E-state index in [4.69, 9.17) is 11.6 Å². The highest BCUT2D eigenvalue weighted by atomic mass is 35.5. The van der Waals surface area contributed by atoms with E-state index in [1.165, 1.54) is 11.0 Å². The Bertz CT molecular complexity index is 868. The molecular formula is C20H28ClN3O4S. The van der Waals surface area contributed by atoms with Crippen LogP contribution in [0.3, 0.4) is 0 Å². The number of hydrogen-bond acceptors (Lipinski definition) is 4. The predicted molar refractivity (Wildman–Crippen MR) is 115 cm³/mol. The maximum absolute atomic E-state index is 12.7. The summed E-state index contributed by atoms with van der Waals surface area (Å²) in [6.45, 7) is 8.29. The summed E-state index contributed by atoms with van der Waals surface area (Å²) in [5, 5.41) is 1.58. The Morgan fingerprint density at radius 1 is 1.31 bits per heavy atom. The number of halogens is 1. The number of likely N-dealkylation sites (tertiary alicyclic amines) is 1. The molecule has 0 spiro atoms. The summed E-state index contributed by atoms with van der Waals surface area (Å²) in [6, 6.07) is 5.23. The predicted octanol–water partition coefficient (Wildman–Crippen LogP) is 2.48. The van der Waals surface area contributed by atoms with E-state index in [1.807, 2.05) is 20.8 Å². The third kappa shape index (κ3) is 6.04. The molecule has 9 heteroatoms. The summed E-state index contributed by atoms with van der Waals surface area (Å²) in [5.74, 6) is -0.517. The highest BCUT2D eigenvalue weighted by molar-refractivity contribution is 7.92. The number of benzene rings is 1. The van der Waals surface area contributed by atoms with Crippen LogP contribution in [0, 0.1) is 0 Å². The second-order valence-corrected chi connectivity index (χ2v) is 9.32. The Kier molecular flexibility index (Phi) is 7.85. The lowest BCUT2D eigenvalue weighted by atomic mass is 10.2. The van der Waals surface area contributed by atoms with Gasteiger partial charge in [-0.15, -0.1) is 0 Å².